The molecule has 1 fully saturated rings. The molecule has 218 valence electrons. The molecule has 10 nitrogen and oxygen atoms in total. The zero-order chi connectivity index (χ0) is 29.0. The molecule has 0 amide bonds. The average Bonchev–Trinajstić information content (AvgIpc) is 2.89. The first kappa shape index (κ1) is 32.2. The highest BCUT2D eigenvalue weighted by Gasteiger charge is 2.51. The predicted molar refractivity (Wildman–Crippen MR) is 138 cm³/mol. The summed E-state index contributed by atoms with van der Waals surface area (Å²) < 4.78 is 41.9. The fourth-order valence-electron chi connectivity index (χ4n) is 3.94. The lowest BCUT2D eigenvalue weighted by molar-refractivity contribution is -0.277. The molecule has 1 unspecified atom stereocenters. The first-order valence-corrected chi connectivity index (χ1v) is 13.4. The smallest absolute Gasteiger partial charge is 0.331 e. The Kier molecular flexibility index (Phi) is 12.8. The van der Waals surface area contributed by atoms with E-state index in [2.05, 4.69) is 0 Å². The highest BCUT2D eigenvalue weighted by atomic mass is 19.1. The van der Waals surface area contributed by atoms with E-state index in [-0.39, 0.29) is 32.3 Å². The van der Waals surface area contributed by atoms with Crippen LogP contribution in [0.1, 0.15) is 70.4 Å². The molecule has 0 aromatic heterocycles. The third-order valence-corrected chi connectivity index (χ3v) is 6.07. The highest BCUT2D eigenvalue weighted by Crippen LogP contribution is 2.28. The molecule has 11 heteroatoms. The van der Waals surface area contributed by atoms with Gasteiger partial charge in [0, 0.05) is 25.7 Å². The Morgan fingerprint density at radius 3 is 1.90 bits per heavy atom. The van der Waals surface area contributed by atoms with E-state index in [4.69, 9.17) is 29.4 Å². The molecule has 1 aromatic carbocycles. The number of carbonyl (C=O) groups excluding carboxylic acids is 4. The van der Waals surface area contributed by atoms with Crippen LogP contribution in [0, 0.1) is 6.92 Å². The van der Waals surface area contributed by atoms with E-state index in [1.54, 1.807) is 32.9 Å². The summed E-state index contributed by atoms with van der Waals surface area (Å²) in [6.07, 6.45) is -4.06. The quantitative estimate of drug-likeness (QED) is 0.270. The van der Waals surface area contributed by atoms with Gasteiger partial charge in [0.25, 0.3) is 0 Å². The number of aryl methyl sites for hydroxylation is 1. The lowest BCUT2D eigenvalue weighted by Gasteiger charge is -2.41. The molecule has 1 aromatic rings. The lowest BCUT2D eigenvalue weighted by Crippen LogP contribution is -2.61. The van der Waals surface area contributed by atoms with E-state index < -0.39 is 60.7 Å². The van der Waals surface area contributed by atoms with Gasteiger partial charge in [-0.05, 0) is 31.7 Å². The van der Waals surface area contributed by atoms with E-state index in [1.807, 2.05) is 19.1 Å². The van der Waals surface area contributed by atoms with Gasteiger partial charge in [0.1, 0.15) is 12.2 Å². The second-order valence-electron chi connectivity index (χ2n) is 9.75. The Balaban J connectivity index is 2.34. The molecule has 5 atom stereocenters. The van der Waals surface area contributed by atoms with Crippen LogP contribution in [0.4, 0.5) is 4.39 Å². The van der Waals surface area contributed by atoms with Crippen LogP contribution < -0.4 is 5.73 Å². The number of hydrogen-bond donors (Lipinski definition) is 1. The summed E-state index contributed by atoms with van der Waals surface area (Å²) >= 11 is 0. The number of benzene rings is 1. The van der Waals surface area contributed by atoms with Crippen LogP contribution in [0.25, 0.3) is 0 Å². The molecular weight excluding hydrogens is 513 g/mol. The van der Waals surface area contributed by atoms with Gasteiger partial charge in [-0.2, -0.15) is 0 Å². The molecule has 0 aliphatic carbocycles. The summed E-state index contributed by atoms with van der Waals surface area (Å²) in [5.41, 5.74) is 5.67. The van der Waals surface area contributed by atoms with Gasteiger partial charge < -0.3 is 29.4 Å². The van der Waals surface area contributed by atoms with E-state index in [1.165, 1.54) is 0 Å². The standard InChI is InChI=1S/C28H40FNO9/c1-5-8-21(31)36-20-16-35-26(25(38-23(33)10-7-3)24(20)37-22(32)9-6-2)39-27(34)28(30,17-29)15-19-13-11-18(4)12-14-19/h11-14,20,24-26H,5-10,15-17,30H2,1-4H3/t20?,24-,25+,26-,28+/m0/s1. The minimum Gasteiger partial charge on any atom is -0.456 e. The first-order chi connectivity index (χ1) is 18.6. The van der Waals surface area contributed by atoms with E-state index in [9.17, 15) is 23.6 Å². The van der Waals surface area contributed by atoms with Gasteiger partial charge in [0.15, 0.2) is 12.2 Å². The zero-order valence-corrected chi connectivity index (χ0v) is 23.1. The third kappa shape index (κ3) is 9.58. The summed E-state index contributed by atoms with van der Waals surface area (Å²) in [4.78, 5) is 50.4. The Morgan fingerprint density at radius 1 is 0.872 bits per heavy atom. The normalized spacial score (nSPS) is 22.3. The van der Waals surface area contributed by atoms with E-state index in [0.29, 0.717) is 24.8 Å². The summed E-state index contributed by atoms with van der Waals surface area (Å²) in [6.45, 7) is 5.66. The molecule has 1 saturated heterocycles. The van der Waals surface area contributed by atoms with Gasteiger partial charge in [-0.1, -0.05) is 50.6 Å². The number of rotatable bonds is 14. The van der Waals surface area contributed by atoms with Crippen LogP contribution in [-0.2, 0) is 49.3 Å². The molecule has 0 saturated carbocycles. The van der Waals surface area contributed by atoms with Crippen molar-refractivity contribution in [1.29, 1.82) is 0 Å². The molecule has 2 rings (SSSR count). The summed E-state index contributed by atoms with van der Waals surface area (Å²) in [6, 6.07) is 7.07. The number of ether oxygens (including phenoxy) is 5. The van der Waals surface area contributed by atoms with Gasteiger partial charge in [0.05, 0.1) is 6.61 Å². The van der Waals surface area contributed by atoms with Crippen molar-refractivity contribution in [2.45, 2.75) is 103 Å². The average molecular weight is 554 g/mol. The molecule has 0 bridgehead atoms. The van der Waals surface area contributed by atoms with E-state index >= 15 is 0 Å². The lowest BCUT2D eigenvalue weighted by atomic mass is 9.92. The molecule has 1 aliphatic rings. The van der Waals surface area contributed by atoms with E-state index in [0.717, 1.165) is 5.56 Å². The topological polar surface area (TPSA) is 140 Å². The Hall–Kier alpha value is -3.05. The number of hydrogen-bond acceptors (Lipinski definition) is 10. The summed E-state index contributed by atoms with van der Waals surface area (Å²) in [5.74, 6) is -2.99. The van der Waals surface area contributed by atoms with Crippen LogP contribution in [0.15, 0.2) is 24.3 Å². The van der Waals surface area contributed by atoms with Crippen molar-refractivity contribution in [3.8, 4) is 0 Å². The number of nitrogens with two attached hydrogens (primary N) is 1. The van der Waals surface area contributed by atoms with Crippen LogP contribution in [0.5, 0.6) is 0 Å². The van der Waals surface area contributed by atoms with Gasteiger partial charge in [-0.25, -0.2) is 9.18 Å². The summed E-state index contributed by atoms with van der Waals surface area (Å²) in [7, 11) is 0. The SMILES string of the molecule is CCCC(=O)OC1CO[C@@H](OC(=O)[C@](N)(CF)Cc2ccc(C)cc2)[C@H](OC(=O)CCC)[C@H]1OC(=O)CCC. The fraction of sp³-hybridized carbons (Fsp3) is 0.643. The number of halogens is 1. The number of alkyl halides is 1. The minimum absolute atomic E-state index is 0.0197. The van der Waals surface area contributed by atoms with Crippen molar-refractivity contribution in [3.05, 3.63) is 35.4 Å². The Morgan fingerprint density at radius 2 is 1.38 bits per heavy atom. The van der Waals surface area contributed by atoms with Gasteiger partial charge >= 0.3 is 23.9 Å². The second-order valence-corrected chi connectivity index (χ2v) is 9.75. The van der Waals surface area contributed by atoms with Crippen molar-refractivity contribution in [2.75, 3.05) is 13.3 Å². The molecule has 1 aliphatic heterocycles. The summed E-state index contributed by atoms with van der Waals surface area (Å²) in [5, 5.41) is 0. The third-order valence-electron chi connectivity index (χ3n) is 6.07. The molecular formula is C28H40FNO9. The predicted octanol–water partition coefficient (Wildman–Crippen LogP) is 3.24. The van der Waals surface area contributed by atoms with Crippen LogP contribution in [0.2, 0.25) is 0 Å². The van der Waals surface area contributed by atoms with Gasteiger partial charge in [-0.3, -0.25) is 14.4 Å². The fourth-order valence-corrected chi connectivity index (χ4v) is 3.94. The van der Waals surface area contributed by atoms with Crippen LogP contribution in [-0.4, -0.2) is 67.3 Å². The molecule has 2 N–H and O–H groups in total. The zero-order valence-electron chi connectivity index (χ0n) is 23.1. The molecule has 1 heterocycles. The maximum Gasteiger partial charge on any atom is 0.331 e. The van der Waals surface area contributed by atoms with Crippen molar-refractivity contribution in [2.24, 2.45) is 5.73 Å². The molecule has 0 spiro atoms. The van der Waals surface area contributed by atoms with Crippen molar-refractivity contribution < 1.29 is 47.3 Å². The Labute approximate surface area is 228 Å². The molecule has 0 radical (unpaired) electrons. The monoisotopic (exact) mass is 553 g/mol. The van der Waals surface area contributed by atoms with Crippen molar-refractivity contribution in [3.63, 3.8) is 0 Å². The number of carbonyl (C=O) groups is 4. The largest absolute Gasteiger partial charge is 0.456 e. The first-order valence-electron chi connectivity index (χ1n) is 13.4. The minimum atomic E-state index is -2.06. The van der Waals surface area contributed by atoms with Gasteiger partial charge in [-0.15, -0.1) is 0 Å². The van der Waals surface area contributed by atoms with Crippen molar-refractivity contribution >= 4 is 23.9 Å². The maximum absolute atomic E-state index is 14.2. The van der Waals surface area contributed by atoms with Gasteiger partial charge in [0.2, 0.25) is 12.4 Å². The maximum atomic E-state index is 14.2. The van der Waals surface area contributed by atoms with Crippen LogP contribution >= 0.6 is 0 Å². The van der Waals surface area contributed by atoms with Crippen molar-refractivity contribution in [1.82, 2.24) is 0 Å². The number of esters is 4. The van der Waals surface area contributed by atoms with Crippen LogP contribution in [0.3, 0.4) is 0 Å². The molecule has 39 heavy (non-hydrogen) atoms. The highest BCUT2D eigenvalue weighted by molar-refractivity contribution is 5.81. The second kappa shape index (κ2) is 15.5. The Bertz CT molecular complexity index is 970.